The summed E-state index contributed by atoms with van der Waals surface area (Å²) in [6.07, 6.45) is -1.86. The van der Waals surface area contributed by atoms with Crippen LogP contribution >= 0.6 is 0 Å². The van der Waals surface area contributed by atoms with Crippen molar-refractivity contribution >= 4 is 11.6 Å². The summed E-state index contributed by atoms with van der Waals surface area (Å²) >= 11 is 0. The highest BCUT2D eigenvalue weighted by molar-refractivity contribution is 5.93. The Hall–Kier alpha value is -3.43. The molecule has 5 nitrogen and oxygen atoms in total. The summed E-state index contributed by atoms with van der Waals surface area (Å²) in [5.74, 6) is -3.21. The predicted molar refractivity (Wildman–Crippen MR) is 89.0 cm³/mol. The van der Waals surface area contributed by atoms with Crippen LogP contribution in [0.4, 0.5) is 27.6 Å². The van der Waals surface area contributed by atoms with Crippen molar-refractivity contribution in [1.82, 2.24) is 9.78 Å². The SMILES string of the molecule is O=C(COc1ccc(F)cc1F)Nc1ccc(-n2cccn2)cc1C(F)(F)F. The summed E-state index contributed by atoms with van der Waals surface area (Å²) < 4.78 is 72.5. The first-order chi connectivity index (χ1) is 13.2. The molecule has 3 rings (SSSR count). The first-order valence-corrected chi connectivity index (χ1v) is 7.83. The van der Waals surface area contributed by atoms with Crippen LogP contribution in [0, 0.1) is 11.6 Å². The number of alkyl halides is 3. The van der Waals surface area contributed by atoms with Gasteiger partial charge in [0.15, 0.2) is 18.2 Å². The fraction of sp³-hybridized carbons (Fsp3) is 0.111. The molecular formula is C18H12F5N3O2. The maximum Gasteiger partial charge on any atom is 0.418 e. The van der Waals surface area contributed by atoms with Gasteiger partial charge in [0.25, 0.3) is 5.91 Å². The minimum absolute atomic E-state index is 0.153. The van der Waals surface area contributed by atoms with Gasteiger partial charge in [-0.2, -0.15) is 18.3 Å². The van der Waals surface area contributed by atoms with Crippen molar-refractivity contribution in [3.05, 3.63) is 72.1 Å². The number of aromatic nitrogens is 2. The van der Waals surface area contributed by atoms with E-state index in [0.29, 0.717) is 6.07 Å². The third-order valence-electron chi connectivity index (χ3n) is 3.60. The highest BCUT2D eigenvalue weighted by atomic mass is 19.4. The Morgan fingerprint density at radius 3 is 2.57 bits per heavy atom. The zero-order chi connectivity index (χ0) is 20.3. The first-order valence-electron chi connectivity index (χ1n) is 7.83. The molecule has 0 aliphatic carbocycles. The van der Waals surface area contributed by atoms with E-state index in [1.54, 1.807) is 6.07 Å². The zero-order valence-electron chi connectivity index (χ0n) is 14.0. The third kappa shape index (κ3) is 4.45. The summed E-state index contributed by atoms with van der Waals surface area (Å²) in [6, 6.07) is 7.26. The molecule has 0 fully saturated rings. The Kier molecular flexibility index (Phi) is 5.30. The molecule has 10 heteroatoms. The van der Waals surface area contributed by atoms with E-state index in [1.807, 2.05) is 0 Å². The van der Waals surface area contributed by atoms with E-state index in [4.69, 9.17) is 4.74 Å². The van der Waals surface area contributed by atoms with Gasteiger partial charge in [0, 0.05) is 18.5 Å². The number of ether oxygens (including phenoxy) is 1. The van der Waals surface area contributed by atoms with Gasteiger partial charge in [0.1, 0.15) is 5.82 Å². The number of hydrogen-bond donors (Lipinski definition) is 1. The number of halogens is 5. The van der Waals surface area contributed by atoms with Crippen LogP contribution < -0.4 is 10.1 Å². The average molecular weight is 397 g/mol. The lowest BCUT2D eigenvalue weighted by molar-refractivity contribution is -0.137. The van der Waals surface area contributed by atoms with E-state index in [-0.39, 0.29) is 5.69 Å². The monoisotopic (exact) mass is 397 g/mol. The lowest BCUT2D eigenvalue weighted by Gasteiger charge is -2.15. The average Bonchev–Trinajstić information content (AvgIpc) is 3.15. The maximum absolute atomic E-state index is 13.5. The summed E-state index contributed by atoms with van der Waals surface area (Å²) in [4.78, 5) is 11.9. The predicted octanol–water partition coefficient (Wildman–Crippen LogP) is 4.19. The van der Waals surface area contributed by atoms with Crippen molar-refractivity contribution < 1.29 is 31.5 Å². The Bertz CT molecular complexity index is 987. The molecule has 1 heterocycles. The fourth-order valence-corrected chi connectivity index (χ4v) is 2.36. The molecule has 0 aliphatic rings. The van der Waals surface area contributed by atoms with Crippen molar-refractivity contribution in [3.63, 3.8) is 0 Å². The molecule has 1 aromatic heterocycles. The molecule has 1 amide bonds. The van der Waals surface area contributed by atoms with Gasteiger partial charge in [-0.05, 0) is 36.4 Å². The van der Waals surface area contributed by atoms with E-state index in [0.717, 1.165) is 24.3 Å². The molecule has 0 atom stereocenters. The van der Waals surface area contributed by atoms with E-state index < -0.39 is 47.3 Å². The molecule has 28 heavy (non-hydrogen) atoms. The maximum atomic E-state index is 13.5. The molecule has 0 saturated heterocycles. The molecular weight excluding hydrogens is 385 g/mol. The van der Waals surface area contributed by atoms with Crippen molar-refractivity contribution in [1.29, 1.82) is 0 Å². The van der Waals surface area contributed by atoms with Gasteiger partial charge in [-0.3, -0.25) is 4.79 Å². The molecule has 2 aromatic carbocycles. The van der Waals surface area contributed by atoms with Crippen LogP contribution in [0.15, 0.2) is 54.9 Å². The van der Waals surface area contributed by atoms with Gasteiger partial charge in [0.05, 0.1) is 16.9 Å². The third-order valence-corrected chi connectivity index (χ3v) is 3.60. The highest BCUT2D eigenvalue weighted by Crippen LogP contribution is 2.36. The number of nitrogens with one attached hydrogen (secondary N) is 1. The van der Waals surface area contributed by atoms with Gasteiger partial charge < -0.3 is 10.1 Å². The number of carbonyl (C=O) groups excluding carboxylic acids is 1. The number of carbonyl (C=O) groups is 1. The topological polar surface area (TPSA) is 56.1 Å². The Morgan fingerprint density at radius 2 is 1.93 bits per heavy atom. The molecule has 0 unspecified atom stereocenters. The van der Waals surface area contributed by atoms with Gasteiger partial charge >= 0.3 is 6.18 Å². The molecule has 0 spiro atoms. The highest BCUT2D eigenvalue weighted by Gasteiger charge is 2.34. The lowest BCUT2D eigenvalue weighted by atomic mass is 10.1. The largest absolute Gasteiger partial charge is 0.481 e. The molecule has 0 radical (unpaired) electrons. The van der Waals surface area contributed by atoms with Crippen LogP contribution in [0.25, 0.3) is 5.69 Å². The summed E-state index contributed by atoms with van der Waals surface area (Å²) in [5, 5.41) is 5.94. The number of hydrogen-bond acceptors (Lipinski definition) is 3. The Labute approximate surface area is 155 Å². The lowest BCUT2D eigenvalue weighted by Crippen LogP contribution is -2.22. The van der Waals surface area contributed by atoms with Gasteiger partial charge in [0.2, 0.25) is 0 Å². The van der Waals surface area contributed by atoms with Crippen LogP contribution in [-0.2, 0) is 11.0 Å². The van der Waals surface area contributed by atoms with E-state index in [2.05, 4.69) is 10.4 Å². The van der Waals surface area contributed by atoms with Crippen LogP contribution in [0.5, 0.6) is 5.75 Å². The van der Waals surface area contributed by atoms with Crippen molar-refractivity contribution in [2.45, 2.75) is 6.18 Å². The summed E-state index contributed by atoms with van der Waals surface area (Å²) in [7, 11) is 0. The van der Waals surface area contributed by atoms with Crippen molar-refractivity contribution in [2.75, 3.05) is 11.9 Å². The first kappa shape index (κ1) is 19.3. The molecule has 3 aromatic rings. The van der Waals surface area contributed by atoms with Gasteiger partial charge in [-0.25, -0.2) is 13.5 Å². The zero-order valence-corrected chi connectivity index (χ0v) is 14.0. The standard InChI is InChI=1S/C18H12F5N3O2/c19-11-2-5-16(14(20)8-11)28-10-17(27)25-15-4-3-12(26-7-1-6-24-26)9-13(15)18(21,22)23/h1-9H,10H2,(H,25,27). The van der Waals surface area contributed by atoms with Crippen molar-refractivity contribution in [2.24, 2.45) is 0 Å². The van der Waals surface area contributed by atoms with Crippen LogP contribution in [-0.4, -0.2) is 22.3 Å². The molecule has 0 aliphatic heterocycles. The summed E-state index contributed by atoms with van der Waals surface area (Å²) in [5.41, 5.74) is -1.42. The number of rotatable bonds is 5. The minimum Gasteiger partial charge on any atom is -0.481 e. The Morgan fingerprint density at radius 1 is 1.14 bits per heavy atom. The number of nitrogens with zero attached hydrogens (tertiary/aromatic N) is 2. The van der Waals surface area contributed by atoms with Gasteiger partial charge in [-0.1, -0.05) is 0 Å². The molecule has 0 saturated carbocycles. The number of anilines is 1. The van der Waals surface area contributed by atoms with Crippen LogP contribution in [0.1, 0.15) is 5.56 Å². The summed E-state index contributed by atoms with van der Waals surface area (Å²) in [6.45, 7) is -0.763. The van der Waals surface area contributed by atoms with Crippen molar-refractivity contribution in [3.8, 4) is 11.4 Å². The Balaban J connectivity index is 1.76. The van der Waals surface area contributed by atoms with E-state index in [1.165, 1.54) is 23.1 Å². The second-order valence-corrected chi connectivity index (χ2v) is 5.59. The quantitative estimate of drug-likeness (QED) is 0.657. The molecule has 146 valence electrons. The minimum atomic E-state index is -4.74. The van der Waals surface area contributed by atoms with Crippen LogP contribution in [0.3, 0.4) is 0 Å². The second-order valence-electron chi connectivity index (χ2n) is 5.59. The normalized spacial score (nSPS) is 11.3. The second kappa shape index (κ2) is 7.67. The fourth-order valence-electron chi connectivity index (χ4n) is 2.36. The number of benzene rings is 2. The van der Waals surface area contributed by atoms with Crippen LogP contribution in [0.2, 0.25) is 0 Å². The molecule has 1 N–H and O–H groups in total. The number of amides is 1. The molecule has 0 bridgehead atoms. The van der Waals surface area contributed by atoms with Gasteiger partial charge in [-0.15, -0.1) is 0 Å². The van der Waals surface area contributed by atoms with E-state index in [9.17, 15) is 26.7 Å². The van der Waals surface area contributed by atoms with E-state index >= 15 is 0 Å². The smallest absolute Gasteiger partial charge is 0.418 e.